The third-order valence-corrected chi connectivity index (χ3v) is 4.11. The van der Waals surface area contributed by atoms with E-state index in [-0.39, 0.29) is 11.8 Å². The Morgan fingerprint density at radius 1 is 1.63 bits per heavy atom. The van der Waals surface area contributed by atoms with Gasteiger partial charge in [0.1, 0.15) is 9.88 Å². The molecule has 1 atom stereocenters. The van der Waals surface area contributed by atoms with Gasteiger partial charge in [-0.1, -0.05) is 0 Å². The lowest BCUT2D eigenvalue weighted by molar-refractivity contribution is -0.134. The second-order valence-electron chi connectivity index (χ2n) is 4.45. The van der Waals surface area contributed by atoms with E-state index in [9.17, 15) is 18.0 Å². The quantitative estimate of drug-likeness (QED) is 0.923. The molecule has 19 heavy (non-hydrogen) atoms. The number of alkyl halides is 3. The van der Waals surface area contributed by atoms with Gasteiger partial charge in [-0.25, -0.2) is 4.98 Å². The number of amides is 1. The number of likely N-dealkylation sites (tertiary alicyclic amines) is 1. The number of hydrogen-bond acceptors (Lipinski definition) is 4. The Morgan fingerprint density at radius 2 is 2.37 bits per heavy atom. The van der Waals surface area contributed by atoms with E-state index >= 15 is 0 Å². The summed E-state index contributed by atoms with van der Waals surface area (Å²) in [6.45, 7) is 1.65. The number of rotatable bonds is 3. The fourth-order valence-electron chi connectivity index (χ4n) is 2.10. The SMILES string of the molecule is CNC(=O)C1CCN(Cc2ncc(C(F)(F)F)s2)C1. The van der Waals surface area contributed by atoms with E-state index in [0.29, 0.717) is 36.0 Å². The van der Waals surface area contributed by atoms with Crippen molar-refractivity contribution in [3.63, 3.8) is 0 Å². The van der Waals surface area contributed by atoms with Crippen molar-refractivity contribution in [2.24, 2.45) is 5.92 Å². The number of hydrogen-bond donors (Lipinski definition) is 1. The highest BCUT2D eigenvalue weighted by atomic mass is 32.1. The molecule has 1 saturated heterocycles. The van der Waals surface area contributed by atoms with E-state index in [4.69, 9.17) is 0 Å². The van der Waals surface area contributed by atoms with Crippen molar-refractivity contribution in [1.82, 2.24) is 15.2 Å². The minimum atomic E-state index is -4.33. The van der Waals surface area contributed by atoms with Crippen LogP contribution in [0.25, 0.3) is 0 Å². The van der Waals surface area contributed by atoms with E-state index in [0.717, 1.165) is 12.6 Å². The summed E-state index contributed by atoms with van der Waals surface area (Å²) in [6.07, 6.45) is -2.73. The van der Waals surface area contributed by atoms with E-state index in [1.54, 1.807) is 7.05 Å². The summed E-state index contributed by atoms with van der Waals surface area (Å²) in [5, 5.41) is 3.02. The smallest absolute Gasteiger partial charge is 0.359 e. The van der Waals surface area contributed by atoms with Crippen molar-refractivity contribution >= 4 is 17.2 Å². The van der Waals surface area contributed by atoms with Crippen LogP contribution < -0.4 is 5.32 Å². The molecule has 8 heteroatoms. The maximum atomic E-state index is 12.4. The number of carbonyl (C=O) groups excluding carboxylic acids is 1. The molecule has 0 aliphatic carbocycles. The highest BCUT2D eigenvalue weighted by molar-refractivity contribution is 7.11. The number of carbonyl (C=O) groups is 1. The molecule has 1 aliphatic heterocycles. The number of halogens is 3. The van der Waals surface area contributed by atoms with E-state index in [1.807, 2.05) is 4.90 Å². The molecule has 0 saturated carbocycles. The highest BCUT2D eigenvalue weighted by Gasteiger charge is 2.34. The van der Waals surface area contributed by atoms with Crippen LogP contribution in [-0.2, 0) is 17.5 Å². The summed E-state index contributed by atoms with van der Waals surface area (Å²) in [6, 6.07) is 0. The second-order valence-corrected chi connectivity index (χ2v) is 5.57. The van der Waals surface area contributed by atoms with Crippen molar-refractivity contribution in [2.75, 3.05) is 20.1 Å². The largest absolute Gasteiger partial charge is 0.427 e. The third kappa shape index (κ3) is 3.44. The summed E-state index contributed by atoms with van der Waals surface area (Å²) in [5.74, 6) is -0.0929. The Labute approximate surface area is 112 Å². The molecule has 4 nitrogen and oxygen atoms in total. The van der Waals surface area contributed by atoms with Crippen LogP contribution >= 0.6 is 11.3 Å². The molecule has 1 aliphatic rings. The van der Waals surface area contributed by atoms with Gasteiger partial charge in [0, 0.05) is 13.6 Å². The van der Waals surface area contributed by atoms with Crippen molar-refractivity contribution in [1.29, 1.82) is 0 Å². The van der Waals surface area contributed by atoms with Crippen LogP contribution in [0, 0.1) is 5.92 Å². The van der Waals surface area contributed by atoms with Crippen LogP contribution in [0.15, 0.2) is 6.20 Å². The molecule has 2 heterocycles. The van der Waals surface area contributed by atoms with Crippen molar-refractivity contribution in [3.05, 3.63) is 16.1 Å². The summed E-state index contributed by atoms with van der Waals surface area (Å²) in [7, 11) is 1.58. The Morgan fingerprint density at radius 3 is 2.95 bits per heavy atom. The first-order chi connectivity index (χ1) is 8.90. The molecule has 2 rings (SSSR count). The number of nitrogens with zero attached hydrogens (tertiary/aromatic N) is 2. The van der Waals surface area contributed by atoms with Gasteiger partial charge in [-0.05, 0) is 13.0 Å². The van der Waals surface area contributed by atoms with Gasteiger partial charge in [0.05, 0.1) is 18.7 Å². The Hall–Kier alpha value is -1.15. The molecule has 1 N–H and O–H groups in total. The fraction of sp³-hybridized carbons (Fsp3) is 0.636. The molecule has 1 unspecified atom stereocenters. The monoisotopic (exact) mass is 293 g/mol. The summed E-state index contributed by atoms with van der Waals surface area (Å²) < 4.78 is 37.3. The zero-order valence-electron chi connectivity index (χ0n) is 10.3. The minimum Gasteiger partial charge on any atom is -0.359 e. The van der Waals surface area contributed by atoms with Gasteiger partial charge in [0.25, 0.3) is 0 Å². The molecule has 0 bridgehead atoms. The van der Waals surface area contributed by atoms with Gasteiger partial charge in [0.2, 0.25) is 5.91 Å². The molecule has 106 valence electrons. The molecular weight excluding hydrogens is 279 g/mol. The minimum absolute atomic E-state index is 0.0161. The molecule has 1 fully saturated rings. The Kier molecular flexibility index (Phi) is 4.10. The van der Waals surface area contributed by atoms with Crippen LogP contribution in [0.4, 0.5) is 13.2 Å². The molecule has 0 spiro atoms. The lowest BCUT2D eigenvalue weighted by atomic mass is 10.1. The lowest BCUT2D eigenvalue weighted by Crippen LogP contribution is -2.29. The number of nitrogens with one attached hydrogen (secondary N) is 1. The first kappa shape index (κ1) is 14.3. The van der Waals surface area contributed by atoms with E-state index < -0.39 is 11.1 Å². The molecule has 0 radical (unpaired) electrons. The topological polar surface area (TPSA) is 45.2 Å². The number of thiazole rings is 1. The fourth-order valence-corrected chi connectivity index (χ4v) is 2.93. The van der Waals surface area contributed by atoms with Gasteiger partial charge in [-0.2, -0.15) is 13.2 Å². The van der Waals surface area contributed by atoms with Gasteiger partial charge in [-0.3, -0.25) is 9.69 Å². The van der Waals surface area contributed by atoms with Crippen molar-refractivity contribution < 1.29 is 18.0 Å². The predicted molar refractivity (Wildman–Crippen MR) is 64.6 cm³/mol. The molecule has 1 amide bonds. The van der Waals surface area contributed by atoms with E-state index in [1.165, 1.54) is 0 Å². The van der Waals surface area contributed by atoms with E-state index in [2.05, 4.69) is 10.3 Å². The zero-order chi connectivity index (χ0) is 14.0. The number of aromatic nitrogens is 1. The molecule has 0 aromatic carbocycles. The Balaban J connectivity index is 1.92. The van der Waals surface area contributed by atoms with Crippen molar-refractivity contribution in [2.45, 2.75) is 19.1 Å². The molecule has 1 aromatic rings. The van der Waals surface area contributed by atoms with Gasteiger partial charge in [0.15, 0.2) is 0 Å². The van der Waals surface area contributed by atoms with Crippen LogP contribution in [0.1, 0.15) is 16.3 Å². The van der Waals surface area contributed by atoms with Gasteiger partial charge in [-0.15, -0.1) is 11.3 Å². The summed E-state index contributed by atoms with van der Waals surface area (Å²) in [4.78, 5) is 16.5. The molecular formula is C11H14F3N3OS. The maximum absolute atomic E-state index is 12.4. The van der Waals surface area contributed by atoms with Crippen LogP contribution in [0.5, 0.6) is 0 Å². The maximum Gasteiger partial charge on any atom is 0.427 e. The Bertz CT molecular complexity index is 460. The zero-order valence-corrected chi connectivity index (χ0v) is 11.1. The first-order valence-corrected chi connectivity index (χ1v) is 6.67. The van der Waals surface area contributed by atoms with Gasteiger partial charge < -0.3 is 5.32 Å². The summed E-state index contributed by atoms with van der Waals surface area (Å²) in [5.41, 5.74) is 0. The molecule has 1 aromatic heterocycles. The van der Waals surface area contributed by atoms with Crippen LogP contribution in [0.3, 0.4) is 0 Å². The average molecular weight is 293 g/mol. The second kappa shape index (κ2) is 5.46. The highest BCUT2D eigenvalue weighted by Crippen LogP contribution is 2.34. The standard InChI is InChI=1S/C11H14F3N3OS/c1-15-10(18)7-2-3-17(5-7)6-9-16-4-8(19-9)11(12,13)14/h4,7H,2-3,5-6H2,1H3,(H,15,18). The third-order valence-electron chi connectivity index (χ3n) is 3.08. The first-order valence-electron chi connectivity index (χ1n) is 5.86. The lowest BCUT2D eigenvalue weighted by Gasteiger charge is -2.13. The average Bonchev–Trinajstić information content (AvgIpc) is 2.97. The van der Waals surface area contributed by atoms with Crippen LogP contribution in [-0.4, -0.2) is 35.9 Å². The summed E-state index contributed by atoms with van der Waals surface area (Å²) >= 11 is 0.664. The van der Waals surface area contributed by atoms with Crippen LogP contribution in [0.2, 0.25) is 0 Å². The van der Waals surface area contributed by atoms with Gasteiger partial charge >= 0.3 is 6.18 Å². The normalized spacial score (nSPS) is 20.7. The van der Waals surface area contributed by atoms with Crippen molar-refractivity contribution in [3.8, 4) is 0 Å². The predicted octanol–water partition coefficient (Wildman–Crippen LogP) is 1.73.